The average Bonchev–Trinajstić information content (AvgIpc) is 2.97. The SMILES string of the molecule is COc1cc(-c2c(Cl)ncn2-c2ccc(S(=O)[O-])cc2)ccc1F.[Na+]. The number of aromatic nitrogens is 2. The molecule has 25 heavy (non-hydrogen) atoms. The fraction of sp³-hybridized carbons (Fsp3) is 0.0625. The van der Waals surface area contributed by atoms with Gasteiger partial charge in [0.1, 0.15) is 6.33 Å². The third-order valence-electron chi connectivity index (χ3n) is 3.45. The van der Waals surface area contributed by atoms with Gasteiger partial charge in [0, 0.05) is 16.1 Å². The van der Waals surface area contributed by atoms with Gasteiger partial charge in [-0.1, -0.05) is 11.6 Å². The molecule has 0 amide bonds. The van der Waals surface area contributed by atoms with Crippen LogP contribution in [0.5, 0.6) is 5.75 Å². The van der Waals surface area contributed by atoms with E-state index in [1.807, 2.05) is 0 Å². The van der Waals surface area contributed by atoms with Crippen molar-refractivity contribution in [2.45, 2.75) is 4.90 Å². The van der Waals surface area contributed by atoms with Crippen molar-refractivity contribution in [1.29, 1.82) is 0 Å². The summed E-state index contributed by atoms with van der Waals surface area (Å²) in [6, 6.07) is 10.6. The first kappa shape index (κ1) is 20.1. The van der Waals surface area contributed by atoms with Crippen molar-refractivity contribution >= 4 is 22.7 Å². The number of halogens is 2. The van der Waals surface area contributed by atoms with Gasteiger partial charge in [-0.25, -0.2) is 9.37 Å². The number of ether oxygens (including phenoxy) is 1. The Hall–Kier alpha value is -1.22. The van der Waals surface area contributed by atoms with Gasteiger partial charge in [0.25, 0.3) is 0 Å². The summed E-state index contributed by atoms with van der Waals surface area (Å²) >= 11 is 3.89. The molecule has 1 atom stereocenters. The fourth-order valence-electron chi connectivity index (χ4n) is 2.31. The van der Waals surface area contributed by atoms with E-state index in [1.165, 1.54) is 37.7 Å². The van der Waals surface area contributed by atoms with Gasteiger partial charge in [-0.05, 0) is 53.5 Å². The Bertz CT molecular complexity index is 918. The van der Waals surface area contributed by atoms with Crippen molar-refractivity contribution in [3.05, 3.63) is 59.8 Å². The van der Waals surface area contributed by atoms with Crippen LogP contribution in [0.2, 0.25) is 5.15 Å². The van der Waals surface area contributed by atoms with E-state index >= 15 is 0 Å². The third-order valence-corrected chi connectivity index (χ3v) is 4.39. The molecule has 3 rings (SSSR count). The van der Waals surface area contributed by atoms with Crippen LogP contribution in [0.15, 0.2) is 53.7 Å². The number of nitrogens with zero attached hydrogens (tertiary/aromatic N) is 2. The fourth-order valence-corrected chi connectivity index (χ4v) is 2.91. The maximum atomic E-state index is 13.6. The molecule has 0 fully saturated rings. The second-order valence-electron chi connectivity index (χ2n) is 4.83. The molecule has 0 saturated heterocycles. The van der Waals surface area contributed by atoms with Crippen LogP contribution in [-0.4, -0.2) is 25.4 Å². The molecule has 0 bridgehead atoms. The summed E-state index contributed by atoms with van der Waals surface area (Å²) in [5, 5.41) is 0.236. The van der Waals surface area contributed by atoms with Gasteiger partial charge >= 0.3 is 29.6 Å². The zero-order valence-corrected chi connectivity index (χ0v) is 17.0. The first-order chi connectivity index (χ1) is 11.5. The molecule has 0 aliphatic carbocycles. The molecule has 0 saturated carbocycles. The van der Waals surface area contributed by atoms with Crippen molar-refractivity contribution < 1.29 is 47.4 Å². The van der Waals surface area contributed by atoms with Crippen LogP contribution < -0.4 is 34.3 Å². The van der Waals surface area contributed by atoms with Crippen molar-refractivity contribution in [3.63, 3.8) is 0 Å². The van der Waals surface area contributed by atoms with E-state index in [0.29, 0.717) is 16.9 Å². The smallest absolute Gasteiger partial charge is 0.768 e. The van der Waals surface area contributed by atoms with Gasteiger partial charge in [-0.3, -0.25) is 8.78 Å². The summed E-state index contributed by atoms with van der Waals surface area (Å²) in [6.45, 7) is 0. The van der Waals surface area contributed by atoms with Gasteiger partial charge in [0.05, 0.1) is 12.8 Å². The minimum atomic E-state index is -2.30. The number of rotatable bonds is 4. The van der Waals surface area contributed by atoms with Crippen LogP contribution in [0.4, 0.5) is 4.39 Å². The Labute approximate surface area is 173 Å². The number of hydrogen-bond acceptors (Lipinski definition) is 4. The quantitative estimate of drug-likeness (QED) is 0.484. The molecule has 0 aliphatic rings. The van der Waals surface area contributed by atoms with Gasteiger partial charge in [-0.2, -0.15) is 0 Å². The minimum absolute atomic E-state index is 0. The first-order valence-corrected chi connectivity index (χ1v) is 8.23. The summed E-state index contributed by atoms with van der Waals surface area (Å²) in [5.41, 5.74) is 1.83. The molecule has 0 N–H and O–H groups in total. The maximum Gasteiger partial charge on any atom is 1.00 e. The molecular formula is C16H11ClFN2NaO3S. The Kier molecular flexibility index (Phi) is 6.79. The van der Waals surface area contributed by atoms with Crippen molar-refractivity contribution in [3.8, 4) is 22.7 Å². The van der Waals surface area contributed by atoms with Crippen molar-refractivity contribution in [1.82, 2.24) is 9.55 Å². The molecule has 124 valence electrons. The molecule has 1 aromatic heterocycles. The summed E-state index contributed by atoms with van der Waals surface area (Å²) in [7, 11) is 1.38. The maximum absolute atomic E-state index is 13.6. The predicted molar refractivity (Wildman–Crippen MR) is 87.7 cm³/mol. The first-order valence-electron chi connectivity index (χ1n) is 6.77. The molecule has 1 unspecified atom stereocenters. The van der Waals surface area contributed by atoms with Gasteiger partial charge in [-0.15, -0.1) is 0 Å². The minimum Gasteiger partial charge on any atom is -0.768 e. The Morgan fingerprint density at radius 3 is 2.52 bits per heavy atom. The Balaban J connectivity index is 0.00000225. The molecular weight excluding hydrogens is 378 g/mol. The zero-order valence-electron chi connectivity index (χ0n) is 13.4. The summed E-state index contributed by atoms with van der Waals surface area (Å²) < 4.78 is 42.2. The second kappa shape index (κ2) is 8.44. The molecule has 9 heteroatoms. The Morgan fingerprint density at radius 1 is 1.24 bits per heavy atom. The number of methoxy groups -OCH3 is 1. The van der Waals surface area contributed by atoms with Gasteiger partial charge in [0.2, 0.25) is 0 Å². The van der Waals surface area contributed by atoms with Crippen LogP contribution in [0.3, 0.4) is 0 Å². The molecule has 0 spiro atoms. The molecule has 1 heterocycles. The monoisotopic (exact) mass is 388 g/mol. The van der Waals surface area contributed by atoms with Crippen LogP contribution in [0.1, 0.15) is 0 Å². The largest absolute Gasteiger partial charge is 1.00 e. The summed E-state index contributed by atoms with van der Waals surface area (Å²) in [5.74, 6) is -0.390. The standard InChI is InChI=1S/C16H12ClFN2O3S.Na/c1-23-14-8-10(2-7-13(14)18)15-16(17)19-9-20(15)11-3-5-12(6-4-11)24(21)22;/h2-9H,1H3,(H,21,22);/q;+1/p-1. The molecule has 2 aromatic carbocycles. The van der Waals surface area contributed by atoms with Gasteiger partial charge in [0.15, 0.2) is 16.7 Å². The summed E-state index contributed by atoms with van der Waals surface area (Å²) in [4.78, 5) is 4.25. The van der Waals surface area contributed by atoms with E-state index in [4.69, 9.17) is 16.3 Å². The molecule has 3 aromatic rings. The number of imidazole rings is 1. The summed E-state index contributed by atoms with van der Waals surface area (Å²) in [6.07, 6.45) is 1.51. The third kappa shape index (κ3) is 4.13. The van der Waals surface area contributed by atoms with Crippen molar-refractivity contribution in [2.24, 2.45) is 0 Å². The number of hydrogen-bond donors (Lipinski definition) is 0. The van der Waals surface area contributed by atoms with Gasteiger partial charge < -0.3 is 9.29 Å². The Morgan fingerprint density at radius 2 is 1.92 bits per heavy atom. The van der Waals surface area contributed by atoms with Crippen LogP contribution >= 0.6 is 11.6 Å². The van der Waals surface area contributed by atoms with E-state index in [9.17, 15) is 13.2 Å². The average molecular weight is 389 g/mol. The predicted octanol–water partition coefficient (Wildman–Crippen LogP) is 0.582. The molecule has 5 nitrogen and oxygen atoms in total. The van der Waals surface area contributed by atoms with E-state index < -0.39 is 16.9 Å². The van der Waals surface area contributed by atoms with Crippen LogP contribution in [0, 0.1) is 5.82 Å². The topological polar surface area (TPSA) is 67.2 Å². The normalized spacial score (nSPS) is 11.7. The van der Waals surface area contributed by atoms with Crippen molar-refractivity contribution in [2.75, 3.05) is 7.11 Å². The number of benzene rings is 2. The van der Waals surface area contributed by atoms with E-state index in [0.717, 1.165) is 0 Å². The van der Waals surface area contributed by atoms with E-state index in [-0.39, 0.29) is 45.4 Å². The van der Waals surface area contributed by atoms with E-state index in [1.54, 1.807) is 22.8 Å². The second-order valence-corrected chi connectivity index (χ2v) is 6.13. The zero-order chi connectivity index (χ0) is 17.3. The van der Waals surface area contributed by atoms with Crippen LogP contribution in [-0.2, 0) is 11.1 Å². The van der Waals surface area contributed by atoms with E-state index in [2.05, 4.69) is 4.98 Å². The molecule has 0 aliphatic heterocycles. The van der Waals surface area contributed by atoms with Crippen LogP contribution in [0.25, 0.3) is 16.9 Å². The molecule has 0 radical (unpaired) electrons.